The van der Waals surface area contributed by atoms with Crippen molar-refractivity contribution in [2.45, 2.75) is 91.1 Å². The van der Waals surface area contributed by atoms with Crippen LogP contribution in [0.4, 0.5) is 0 Å². The molecule has 37 heavy (non-hydrogen) atoms. The zero-order chi connectivity index (χ0) is 27.0. The fourth-order valence-corrected chi connectivity index (χ4v) is 10.5. The van der Waals surface area contributed by atoms with Crippen molar-refractivity contribution in [2.24, 2.45) is 33.5 Å². The van der Waals surface area contributed by atoms with Gasteiger partial charge >= 0.3 is 0 Å². The van der Waals surface area contributed by atoms with Crippen LogP contribution in [0.25, 0.3) is 0 Å². The molecule has 7 atom stereocenters. The maximum Gasteiger partial charge on any atom is 0.180 e. The lowest BCUT2D eigenvalue weighted by Gasteiger charge is -2.68. The molecular formula is C33H40O4. The molecule has 0 unspecified atom stereocenters. The molecule has 0 heterocycles. The Kier molecular flexibility index (Phi) is 4.72. The number of benzene rings is 1. The van der Waals surface area contributed by atoms with Gasteiger partial charge in [-0.15, -0.1) is 6.58 Å². The number of allylic oxidation sites excluding steroid dienone is 3. The second kappa shape index (κ2) is 7.00. The SMILES string of the molecule is C=C(C)CC[C@H]1C[C@@]23C[C@H]4C(C)(C)c5ccccc5C(=O)[C@]45C(=O)[C@@](CC=C(C)C)(C[C@@]1(C)[C@]25O)C3=O. The summed E-state index contributed by atoms with van der Waals surface area (Å²) < 4.78 is 0. The van der Waals surface area contributed by atoms with Crippen molar-refractivity contribution in [2.75, 3.05) is 0 Å². The third-order valence-electron chi connectivity index (χ3n) is 11.9. The molecule has 1 aromatic carbocycles. The van der Waals surface area contributed by atoms with Crippen LogP contribution in [-0.4, -0.2) is 28.1 Å². The smallest absolute Gasteiger partial charge is 0.180 e. The summed E-state index contributed by atoms with van der Waals surface area (Å²) in [5.74, 6) is -1.01. The highest BCUT2D eigenvalue weighted by Gasteiger charge is 2.97. The molecule has 0 radical (unpaired) electrons. The van der Waals surface area contributed by atoms with Gasteiger partial charge in [-0.2, -0.15) is 0 Å². The van der Waals surface area contributed by atoms with Gasteiger partial charge in [0.25, 0.3) is 0 Å². The third-order valence-corrected chi connectivity index (χ3v) is 11.9. The average molecular weight is 501 g/mol. The molecule has 5 saturated carbocycles. The minimum atomic E-state index is -1.68. The van der Waals surface area contributed by atoms with Crippen LogP contribution in [-0.2, 0) is 15.0 Å². The highest BCUT2D eigenvalue weighted by molar-refractivity contribution is 6.29. The van der Waals surface area contributed by atoms with Crippen LogP contribution in [0.1, 0.15) is 96.0 Å². The second-order valence-electron chi connectivity index (χ2n) is 14.2. The fraction of sp³-hybridized carbons (Fsp3) is 0.606. The highest BCUT2D eigenvalue weighted by atomic mass is 16.3. The van der Waals surface area contributed by atoms with Crippen LogP contribution in [0.3, 0.4) is 0 Å². The van der Waals surface area contributed by atoms with Crippen LogP contribution >= 0.6 is 0 Å². The lowest BCUT2D eigenvalue weighted by Crippen LogP contribution is -2.82. The molecule has 4 heteroatoms. The number of Topliss-reactive ketones (excluding diaryl/α,β-unsaturated/α-hetero) is 3. The van der Waals surface area contributed by atoms with Crippen molar-refractivity contribution >= 4 is 17.3 Å². The Hall–Kier alpha value is -2.33. The van der Waals surface area contributed by atoms with E-state index in [1.54, 1.807) is 0 Å². The van der Waals surface area contributed by atoms with Gasteiger partial charge in [0.15, 0.2) is 17.3 Å². The molecule has 1 N–H and O–H groups in total. The van der Waals surface area contributed by atoms with Crippen LogP contribution < -0.4 is 0 Å². The zero-order valence-electron chi connectivity index (χ0n) is 23.2. The van der Waals surface area contributed by atoms with E-state index in [4.69, 9.17) is 0 Å². The van der Waals surface area contributed by atoms with Gasteiger partial charge in [-0.1, -0.05) is 62.3 Å². The maximum absolute atomic E-state index is 15.0. The molecule has 0 aliphatic heterocycles. The predicted molar refractivity (Wildman–Crippen MR) is 143 cm³/mol. The molecule has 196 valence electrons. The van der Waals surface area contributed by atoms with E-state index >= 15 is 4.79 Å². The van der Waals surface area contributed by atoms with Gasteiger partial charge in [-0.25, -0.2) is 0 Å². The Balaban J connectivity index is 1.69. The van der Waals surface area contributed by atoms with Crippen LogP contribution in [0.15, 0.2) is 48.1 Å². The van der Waals surface area contributed by atoms with E-state index in [1.807, 2.05) is 51.1 Å². The number of carbonyl (C=O) groups is 3. The molecule has 7 rings (SSSR count). The Morgan fingerprint density at radius 3 is 2.38 bits per heavy atom. The van der Waals surface area contributed by atoms with Gasteiger partial charge in [0.2, 0.25) is 0 Å². The molecule has 6 aliphatic carbocycles. The van der Waals surface area contributed by atoms with Crippen LogP contribution in [0, 0.1) is 33.5 Å². The first-order valence-corrected chi connectivity index (χ1v) is 13.9. The third kappa shape index (κ3) is 2.32. The van der Waals surface area contributed by atoms with E-state index < -0.39 is 38.6 Å². The molecular weight excluding hydrogens is 460 g/mol. The summed E-state index contributed by atoms with van der Waals surface area (Å²) in [6.45, 7) is 16.4. The van der Waals surface area contributed by atoms with E-state index in [0.717, 1.165) is 29.6 Å². The van der Waals surface area contributed by atoms with Gasteiger partial charge in [0.05, 0.1) is 10.8 Å². The first-order chi connectivity index (χ1) is 17.2. The summed E-state index contributed by atoms with van der Waals surface area (Å²) in [6, 6.07) is 7.60. The van der Waals surface area contributed by atoms with E-state index in [9.17, 15) is 14.7 Å². The summed E-state index contributed by atoms with van der Waals surface area (Å²) >= 11 is 0. The van der Waals surface area contributed by atoms with Gasteiger partial charge in [0.1, 0.15) is 11.0 Å². The minimum Gasteiger partial charge on any atom is -0.387 e. The van der Waals surface area contributed by atoms with Crippen molar-refractivity contribution in [3.63, 3.8) is 0 Å². The molecule has 5 bridgehead atoms. The molecule has 4 nitrogen and oxygen atoms in total. The van der Waals surface area contributed by atoms with Crippen molar-refractivity contribution in [3.05, 3.63) is 59.2 Å². The number of aliphatic hydroxyl groups is 1. The first-order valence-electron chi connectivity index (χ1n) is 13.9. The highest BCUT2D eigenvalue weighted by Crippen LogP contribution is 2.87. The molecule has 0 amide bonds. The molecule has 1 aromatic rings. The van der Waals surface area contributed by atoms with Gasteiger partial charge in [-0.05, 0) is 82.1 Å². The first kappa shape index (κ1) is 25.0. The number of fused-ring (bicyclic) bond motifs is 1. The second-order valence-corrected chi connectivity index (χ2v) is 14.2. The van der Waals surface area contributed by atoms with Gasteiger partial charge in [-0.3, -0.25) is 14.4 Å². The zero-order valence-corrected chi connectivity index (χ0v) is 23.2. The summed E-state index contributed by atoms with van der Waals surface area (Å²) in [6.07, 6.45) is 5.22. The van der Waals surface area contributed by atoms with Gasteiger partial charge in [0, 0.05) is 11.0 Å². The summed E-state index contributed by atoms with van der Waals surface area (Å²) in [5.41, 5.74) is -3.27. The molecule has 0 aromatic heterocycles. The summed E-state index contributed by atoms with van der Waals surface area (Å²) in [4.78, 5) is 44.7. The quantitative estimate of drug-likeness (QED) is 0.388. The largest absolute Gasteiger partial charge is 0.387 e. The molecule has 5 fully saturated rings. The number of ketones is 3. The van der Waals surface area contributed by atoms with Gasteiger partial charge < -0.3 is 5.11 Å². The number of hydrogen-bond acceptors (Lipinski definition) is 4. The lowest BCUT2D eigenvalue weighted by atomic mass is 9.33. The topological polar surface area (TPSA) is 71.4 Å². The molecule has 1 spiro atoms. The molecule has 0 saturated heterocycles. The van der Waals surface area contributed by atoms with Crippen molar-refractivity contribution in [1.82, 2.24) is 0 Å². The summed E-state index contributed by atoms with van der Waals surface area (Å²) in [5, 5.41) is 13.2. The van der Waals surface area contributed by atoms with Crippen molar-refractivity contribution in [3.8, 4) is 0 Å². The Bertz CT molecular complexity index is 1330. The normalized spacial score (nSPS) is 44.0. The van der Waals surface area contributed by atoms with E-state index in [0.29, 0.717) is 31.2 Å². The Morgan fingerprint density at radius 2 is 1.73 bits per heavy atom. The molecule has 6 aliphatic rings. The average Bonchev–Trinajstić information content (AvgIpc) is 3.15. The monoisotopic (exact) mass is 500 g/mol. The lowest BCUT2D eigenvalue weighted by molar-refractivity contribution is -0.241. The number of hydrogen-bond donors (Lipinski definition) is 1. The number of carbonyl (C=O) groups excluding carboxylic acids is 3. The maximum atomic E-state index is 15.0. The Labute approximate surface area is 220 Å². The number of rotatable bonds is 5. The van der Waals surface area contributed by atoms with Crippen molar-refractivity contribution in [1.29, 1.82) is 0 Å². The van der Waals surface area contributed by atoms with E-state index in [2.05, 4.69) is 27.4 Å². The predicted octanol–water partition coefficient (Wildman–Crippen LogP) is 6.17. The Morgan fingerprint density at radius 1 is 1.05 bits per heavy atom. The standard InChI is InChI=1S/C33H40O4/c1-19(2)12-13-21-16-31-17-24-28(5,6)23-11-9-8-10-22(23)25(34)32(24)27(36)30(26(31)35,15-14-20(3)4)18-29(21,7)33(31,32)37/h8-11,14,21,24,37H,1,12-13,15-18H2,2-7H3/t21-,24-,29+,30-,31-,32-,33-/m0/s1. The minimum absolute atomic E-state index is 0.0470. The van der Waals surface area contributed by atoms with Crippen LogP contribution in [0.5, 0.6) is 0 Å². The van der Waals surface area contributed by atoms with Crippen LogP contribution in [0.2, 0.25) is 0 Å². The van der Waals surface area contributed by atoms with Crippen molar-refractivity contribution < 1.29 is 19.5 Å². The summed E-state index contributed by atoms with van der Waals surface area (Å²) in [7, 11) is 0. The fourth-order valence-electron chi connectivity index (χ4n) is 10.5. The van der Waals surface area contributed by atoms with E-state index in [-0.39, 0.29) is 23.3 Å². The van der Waals surface area contributed by atoms with E-state index in [1.165, 1.54) is 0 Å².